The molecule has 0 unspecified atom stereocenters. The summed E-state index contributed by atoms with van der Waals surface area (Å²) < 4.78 is 65.2. The van der Waals surface area contributed by atoms with E-state index in [4.69, 9.17) is 25.8 Å². The summed E-state index contributed by atoms with van der Waals surface area (Å²) in [6, 6.07) is 8.69. The second-order valence-electron chi connectivity index (χ2n) is 16.2. The fraction of sp³-hybridized carbons (Fsp3) is 0.643. The van der Waals surface area contributed by atoms with Crippen molar-refractivity contribution >= 4 is 33.2 Å². The van der Waals surface area contributed by atoms with Gasteiger partial charge in [0.05, 0.1) is 29.2 Å². The summed E-state index contributed by atoms with van der Waals surface area (Å²) in [7, 11) is -4.03. The third kappa shape index (κ3) is 8.60. The quantitative estimate of drug-likeness (QED) is 0.342. The van der Waals surface area contributed by atoms with Crippen LogP contribution in [0, 0.1) is 29.5 Å². The van der Waals surface area contributed by atoms with E-state index in [-0.39, 0.29) is 34.3 Å². The number of carbonyl (C=O) groups excluding carboxylic acids is 1. The van der Waals surface area contributed by atoms with Gasteiger partial charge in [-0.2, -0.15) is 0 Å². The first kappa shape index (κ1) is 40.5. The molecule has 6 aliphatic rings. The number of allylic oxidation sites excluding steroid dienone is 1. The summed E-state index contributed by atoms with van der Waals surface area (Å²) in [5, 5.41) is 2.82. The number of nitrogens with one attached hydrogen (secondary N) is 2. The zero-order valence-electron chi connectivity index (χ0n) is 32.6. The van der Waals surface area contributed by atoms with Crippen LogP contribution in [0.1, 0.15) is 80.8 Å². The van der Waals surface area contributed by atoms with Crippen LogP contribution in [0.5, 0.6) is 5.75 Å². The van der Waals surface area contributed by atoms with Crippen molar-refractivity contribution in [3.8, 4) is 5.75 Å². The SMILES string of the molecule is CCO[C@@]1(CN2CCCOCCNCC2)C2=C[C@@H](C2)[C@H](C)[C@@H](C)S(=O)(=O)NC(=O)c2ccc3c(c2)N(Cc2ccc(Cl)c(F)c2CCCCO3)C[C@@H]2CC[C@H]21. The Balaban J connectivity index is 1.35. The van der Waals surface area contributed by atoms with Gasteiger partial charge >= 0.3 is 0 Å². The minimum Gasteiger partial charge on any atom is -0.491 e. The third-order valence-electron chi connectivity index (χ3n) is 13.0. The lowest BCUT2D eigenvalue weighted by atomic mass is 9.58. The van der Waals surface area contributed by atoms with E-state index in [9.17, 15) is 13.2 Å². The highest BCUT2D eigenvalue weighted by atomic mass is 35.5. The van der Waals surface area contributed by atoms with Gasteiger partial charge in [-0.05, 0) is 123 Å². The number of halogens is 2. The predicted molar refractivity (Wildman–Crippen MR) is 214 cm³/mol. The van der Waals surface area contributed by atoms with Crippen molar-refractivity contribution in [1.82, 2.24) is 14.9 Å². The highest BCUT2D eigenvalue weighted by molar-refractivity contribution is 7.90. The predicted octanol–water partition coefficient (Wildman–Crippen LogP) is 6.36. The number of hydrogen-bond acceptors (Lipinski definition) is 9. The Morgan fingerprint density at radius 2 is 1.89 bits per heavy atom. The minimum atomic E-state index is -4.03. The van der Waals surface area contributed by atoms with Crippen LogP contribution in [-0.2, 0) is 32.5 Å². The molecule has 2 aromatic carbocycles. The first-order valence-electron chi connectivity index (χ1n) is 20.4. The first-order chi connectivity index (χ1) is 26.5. The summed E-state index contributed by atoms with van der Waals surface area (Å²) in [5.41, 5.74) is 3.02. The summed E-state index contributed by atoms with van der Waals surface area (Å²) in [5.74, 6) is -0.252. The lowest BCUT2D eigenvalue weighted by Crippen LogP contribution is -2.60. The lowest BCUT2D eigenvalue weighted by molar-refractivity contribution is -0.122. The molecule has 55 heavy (non-hydrogen) atoms. The van der Waals surface area contributed by atoms with Crippen molar-refractivity contribution in [3.05, 3.63) is 69.5 Å². The molecule has 0 radical (unpaired) electrons. The number of hydrogen-bond donors (Lipinski definition) is 2. The smallest absolute Gasteiger partial charge is 0.264 e. The fourth-order valence-corrected chi connectivity index (χ4v) is 10.9. The second-order valence-corrected chi connectivity index (χ2v) is 18.7. The molecule has 0 spiro atoms. The molecule has 1 saturated heterocycles. The van der Waals surface area contributed by atoms with Crippen molar-refractivity contribution in [2.24, 2.45) is 23.7 Å². The van der Waals surface area contributed by atoms with Gasteiger partial charge in [-0.1, -0.05) is 30.7 Å². The molecule has 1 amide bonds. The van der Waals surface area contributed by atoms with Crippen molar-refractivity contribution in [3.63, 3.8) is 0 Å². The molecule has 4 aliphatic heterocycles. The molecular formula is C42H58ClFN4O6S. The topological polar surface area (TPSA) is 109 Å². The number of ether oxygens (including phenoxy) is 3. The maximum atomic E-state index is 15.7. The van der Waals surface area contributed by atoms with Gasteiger partial charge in [-0.3, -0.25) is 9.69 Å². The van der Waals surface area contributed by atoms with Crippen LogP contribution >= 0.6 is 11.6 Å². The van der Waals surface area contributed by atoms with E-state index in [2.05, 4.69) is 32.8 Å². The Hall–Kier alpha value is -2.74. The van der Waals surface area contributed by atoms with Gasteiger partial charge in [-0.25, -0.2) is 17.5 Å². The van der Waals surface area contributed by atoms with Crippen molar-refractivity contribution in [1.29, 1.82) is 0 Å². The number of carbonyl (C=O) groups is 1. The highest BCUT2D eigenvalue weighted by Crippen LogP contribution is 2.53. The molecule has 2 aliphatic carbocycles. The average Bonchev–Trinajstić information content (AvgIpc) is 3.16. The molecule has 2 aromatic rings. The van der Waals surface area contributed by atoms with Crippen molar-refractivity contribution in [2.45, 2.75) is 83.1 Å². The van der Waals surface area contributed by atoms with Gasteiger partial charge in [0, 0.05) is 64.6 Å². The van der Waals surface area contributed by atoms with Gasteiger partial charge in [0.25, 0.3) is 5.91 Å². The van der Waals surface area contributed by atoms with Gasteiger partial charge in [-0.15, -0.1) is 0 Å². The van der Waals surface area contributed by atoms with E-state index in [1.807, 2.05) is 13.0 Å². The monoisotopic (exact) mass is 800 g/mol. The Morgan fingerprint density at radius 1 is 1.05 bits per heavy atom. The molecule has 4 bridgehead atoms. The van der Waals surface area contributed by atoms with Crippen LogP contribution in [0.3, 0.4) is 0 Å². The van der Waals surface area contributed by atoms with Gasteiger partial charge in [0.15, 0.2) is 0 Å². The van der Waals surface area contributed by atoms with E-state index < -0.39 is 32.6 Å². The molecule has 2 fully saturated rings. The van der Waals surface area contributed by atoms with Crippen molar-refractivity contribution in [2.75, 3.05) is 70.6 Å². The van der Waals surface area contributed by atoms with Gasteiger partial charge < -0.3 is 24.4 Å². The molecule has 6 atom stereocenters. The van der Waals surface area contributed by atoms with Crippen LogP contribution in [0.15, 0.2) is 42.0 Å². The van der Waals surface area contributed by atoms with Gasteiger partial charge in [0.2, 0.25) is 10.0 Å². The van der Waals surface area contributed by atoms with E-state index >= 15 is 4.39 Å². The summed E-state index contributed by atoms with van der Waals surface area (Å²) >= 11 is 6.34. The maximum Gasteiger partial charge on any atom is 0.264 e. The van der Waals surface area contributed by atoms with Crippen LogP contribution in [0.2, 0.25) is 5.02 Å². The number of nitrogens with zero attached hydrogens (tertiary/aromatic N) is 2. The Labute approximate surface area is 331 Å². The number of sulfonamides is 1. The third-order valence-corrected chi connectivity index (χ3v) is 15.1. The Kier molecular flexibility index (Phi) is 12.8. The van der Waals surface area contributed by atoms with Gasteiger partial charge in [0.1, 0.15) is 17.2 Å². The summed E-state index contributed by atoms with van der Waals surface area (Å²) in [6.45, 7) is 13.3. The molecule has 4 heterocycles. The number of amides is 1. The Morgan fingerprint density at radius 3 is 2.67 bits per heavy atom. The highest BCUT2D eigenvalue weighted by Gasteiger charge is 2.54. The van der Waals surface area contributed by atoms with Crippen molar-refractivity contribution < 1.29 is 31.8 Å². The number of anilines is 1. The molecule has 8 rings (SSSR count). The second kappa shape index (κ2) is 17.4. The van der Waals surface area contributed by atoms with Crippen LogP contribution < -0.4 is 19.7 Å². The summed E-state index contributed by atoms with van der Waals surface area (Å²) in [4.78, 5) is 18.5. The zero-order valence-corrected chi connectivity index (χ0v) is 34.2. The van der Waals surface area contributed by atoms with Crippen LogP contribution in [0.4, 0.5) is 10.1 Å². The lowest BCUT2D eigenvalue weighted by Gasteiger charge is -2.56. The van der Waals surface area contributed by atoms with E-state index in [0.29, 0.717) is 69.4 Å². The fourth-order valence-electron chi connectivity index (χ4n) is 9.41. The van der Waals surface area contributed by atoms with E-state index in [0.717, 1.165) is 70.4 Å². The van der Waals surface area contributed by atoms with E-state index in [1.165, 1.54) is 5.57 Å². The molecule has 0 aromatic heterocycles. The molecule has 10 nitrogen and oxygen atoms in total. The molecular weight excluding hydrogens is 743 g/mol. The largest absolute Gasteiger partial charge is 0.491 e. The molecule has 1 saturated carbocycles. The number of benzene rings is 2. The van der Waals surface area contributed by atoms with Crippen LogP contribution in [-0.4, -0.2) is 95.8 Å². The first-order valence-corrected chi connectivity index (χ1v) is 22.3. The van der Waals surface area contributed by atoms with Crippen LogP contribution in [0.25, 0.3) is 0 Å². The van der Waals surface area contributed by atoms with E-state index in [1.54, 1.807) is 31.2 Å². The standard InChI is InChI=1S/C42H58ClFN4O6S/c1-4-54-42(27-47-17-7-19-52-21-16-45-15-18-47)34-22-33(23-34)28(2)29(3)55(50,51)46-41(49)30-11-14-39-38(24-30)48(26-32-9-12-36(32)42)25-31-10-13-37(43)40(44)35(31)8-5-6-20-53-39/h10-11,13-14,22,24,28-29,32-33,36,45H,4-9,12,15-21,23,25-27H2,1-3H3,(H,46,49)/t28-,29-,32+,33+,36-,42+/m1/s1. The normalized spacial score (nSPS) is 30.8. The summed E-state index contributed by atoms with van der Waals surface area (Å²) in [6.07, 6.45) is 7.89. The number of rotatable bonds is 4. The minimum absolute atomic E-state index is 0.0317. The number of fused-ring (bicyclic) bond motifs is 5. The zero-order chi connectivity index (χ0) is 38.7. The Bertz CT molecular complexity index is 1840. The molecule has 302 valence electrons. The average molecular weight is 801 g/mol. The maximum absolute atomic E-state index is 15.7. The molecule has 13 heteroatoms. The molecule has 2 N–H and O–H groups in total.